The molecule has 5 aromatic carbocycles. The van der Waals surface area contributed by atoms with Gasteiger partial charge in [-0.3, -0.25) is 14.4 Å². The van der Waals surface area contributed by atoms with Crippen LogP contribution in [0.15, 0.2) is 131 Å². The summed E-state index contributed by atoms with van der Waals surface area (Å²) in [4.78, 5) is 41.8. The third-order valence-electron chi connectivity index (χ3n) is 7.14. The monoisotopic (exact) mass is 606 g/mol. The number of carbonyl (C=O) groups is 3. The van der Waals surface area contributed by atoms with Crippen LogP contribution < -0.4 is 10.2 Å². The number of benzene rings is 5. The highest BCUT2D eigenvalue weighted by molar-refractivity contribution is 7.91. The van der Waals surface area contributed by atoms with Crippen molar-refractivity contribution in [3.63, 3.8) is 0 Å². The lowest BCUT2D eigenvalue weighted by atomic mass is 10.0. The normalized spacial score (nSPS) is 13.4. The molecule has 0 aromatic heterocycles. The molecular weight excluding hydrogens is 584 g/mol. The van der Waals surface area contributed by atoms with Crippen LogP contribution in [-0.4, -0.2) is 26.0 Å². The number of sulfone groups is 1. The fourth-order valence-corrected chi connectivity index (χ4v) is 6.90. The fourth-order valence-electron chi connectivity index (χ4n) is 5.05. The second-order valence-electron chi connectivity index (χ2n) is 9.90. The Morgan fingerprint density at radius 1 is 0.721 bits per heavy atom. The van der Waals surface area contributed by atoms with Crippen LogP contribution in [0.25, 0.3) is 0 Å². The Balaban J connectivity index is 1.42. The first-order valence-corrected chi connectivity index (χ1v) is 15.1. The van der Waals surface area contributed by atoms with Crippen molar-refractivity contribution in [1.29, 1.82) is 0 Å². The summed E-state index contributed by atoms with van der Waals surface area (Å²) in [5.41, 5.74) is 1.92. The molecule has 0 bridgehead atoms. The number of hydrogen-bond acceptors (Lipinski definition) is 5. The van der Waals surface area contributed by atoms with E-state index in [9.17, 15) is 22.8 Å². The van der Waals surface area contributed by atoms with Crippen molar-refractivity contribution < 1.29 is 22.8 Å². The molecule has 0 aliphatic carbocycles. The molecule has 1 N–H and O–H groups in total. The maximum atomic E-state index is 13.9. The number of carbonyl (C=O) groups excluding carboxylic acids is 3. The molecule has 0 fully saturated rings. The first-order valence-electron chi connectivity index (χ1n) is 13.3. The standard InChI is InChI=1S/C34H23ClN2O5S/c35-25-12-8-9-22(19-25)21-37-29-20-24(17-18-31(29)43(41,42)30-16-7-5-14-27(30)34(37)40)33(39)36-28-15-6-4-13-26(28)32(38)23-10-2-1-3-11-23/h1-20H,21H2,(H,36,39). The van der Waals surface area contributed by atoms with Crippen molar-refractivity contribution in [1.82, 2.24) is 0 Å². The molecule has 6 rings (SSSR count). The summed E-state index contributed by atoms with van der Waals surface area (Å²) in [6.45, 7) is 0.00965. The maximum Gasteiger partial charge on any atom is 0.259 e. The number of hydrogen-bond donors (Lipinski definition) is 1. The third-order valence-corrected chi connectivity index (χ3v) is 9.23. The van der Waals surface area contributed by atoms with Gasteiger partial charge in [0.1, 0.15) is 0 Å². The number of halogens is 1. The van der Waals surface area contributed by atoms with Gasteiger partial charge in [0.15, 0.2) is 5.78 Å². The Morgan fingerprint density at radius 3 is 2.23 bits per heavy atom. The van der Waals surface area contributed by atoms with E-state index >= 15 is 0 Å². The number of fused-ring (bicyclic) bond motifs is 2. The van der Waals surface area contributed by atoms with Gasteiger partial charge >= 0.3 is 0 Å². The van der Waals surface area contributed by atoms with Crippen molar-refractivity contribution in [2.24, 2.45) is 0 Å². The quantitative estimate of drug-likeness (QED) is 0.214. The highest BCUT2D eigenvalue weighted by atomic mass is 35.5. The molecule has 9 heteroatoms. The lowest BCUT2D eigenvalue weighted by molar-refractivity contribution is 0.0978. The van der Waals surface area contributed by atoms with E-state index < -0.39 is 21.7 Å². The summed E-state index contributed by atoms with van der Waals surface area (Å²) in [5.74, 6) is -1.37. The number of amides is 2. The first kappa shape index (κ1) is 28.1. The second-order valence-corrected chi connectivity index (χ2v) is 12.2. The molecule has 0 saturated heterocycles. The van der Waals surface area contributed by atoms with Crippen molar-refractivity contribution in [3.05, 3.63) is 154 Å². The maximum absolute atomic E-state index is 13.9. The zero-order valence-electron chi connectivity index (χ0n) is 22.5. The summed E-state index contributed by atoms with van der Waals surface area (Å²) in [5, 5.41) is 3.25. The average molecular weight is 607 g/mol. The third kappa shape index (κ3) is 5.34. The van der Waals surface area contributed by atoms with Gasteiger partial charge in [-0.25, -0.2) is 8.42 Å². The summed E-state index contributed by atoms with van der Waals surface area (Å²) in [7, 11) is -4.12. The zero-order chi connectivity index (χ0) is 30.1. The van der Waals surface area contributed by atoms with Gasteiger partial charge in [-0.2, -0.15) is 0 Å². The van der Waals surface area contributed by atoms with Gasteiger partial charge in [0.05, 0.1) is 33.3 Å². The van der Waals surface area contributed by atoms with Gasteiger partial charge in [-0.05, 0) is 60.2 Å². The summed E-state index contributed by atoms with van der Waals surface area (Å²) in [6.07, 6.45) is 0. The van der Waals surface area contributed by atoms with E-state index in [1.165, 1.54) is 35.2 Å². The number of ketones is 1. The van der Waals surface area contributed by atoms with Gasteiger partial charge in [0.25, 0.3) is 11.8 Å². The van der Waals surface area contributed by atoms with Gasteiger partial charge in [-0.15, -0.1) is 0 Å². The molecule has 0 saturated carbocycles. The second kappa shape index (κ2) is 11.3. The molecule has 0 atom stereocenters. The van der Waals surface area contributed by atoms with Crippen LogP contribution in [-0.2, 0) is 16.4 Å². The van der Waals surface area contributed by atoms with Gasteiger partial charge in [0.2, 0.25) is 9.84 Å². The predicted molar refractivity (Wildman–Crippen MR) is 165 cm³/mol. The lowest BCUT2D eigenvalue weighted by Gasteiger charge is -2.23. The summed E-state index contributed by atoms with van der Waals surface area (Å²) >= 11 is 6.20. The Hall–Kier alpha value is -5.05. The highest BCUT2D eigenvalue weighted by Gasteiger charge is 2.36. The van der Waals surface area contributed by atoms with Crippen LogP contribution in [0.2, 0.25) is 5.02 Å². The number of nitrogens with zero attached hydrogens (tertiary/aromatic N) is 1. The predicted octanol–water partition coefficient (Wildman–Crippen LogP) is 6.82. The molecule has 5 aromatic rings. The van der Waals surface area contributed by atoms with E-state index in [-0.39, 0.29) is 38.9 Å². The Labute approximate surface area is 253 Å². The first-order chi connectivity index (χ1) is 20.7. The Bertz CT molecular complexity index is 2030. The van der Waals surface area contributed by atoms with Crippen LogP contribution in [0.5, 0.6) is 0 Å². The van der Waals surface area contributed by atoms with E-state index in [1.54, 1.807) is 84.9 Å². The van der Waals surface area contributed by atoms with Crippen molar-refractivity contribution >= 4 is 50.4 Å². The number of nitrogens with one attached hydrogen (secondary N) is 1. The molecule has 212 valence electrons. The Morgan fingerprint density at radius 2 is 1.44 bits per heavy atom. The molecule has 43 heavy (non-hydrogen) atoms. The van der Waals surface area contributed by atoms with Crippen LogP contribution in [0.3, 0.4) is 0 Å². The van der Waals surface area contributed by atoms with Crippen LogP contribution >= 0.6 is 11.6 Å². The largest absolute Gasteiger partial charge is 0.321 e. The minimum Gasteiger partial charge on any atom is -0.321 e. The van der Waals surface area contributed by atoms with Crippen LogP contribution in [0, 0.1) is 0 Å². The molecule has 0 spiro atoms. The van der Waals surface area contributed by atoms with Gasteiger partial charge in [0, 0.05) is 21.7 Å². The minimum absolute atomic E-state index is 0.00965. The molecule has 1 aliphatic heterocycles. The molecule has 0 radical (unpaired) electrons. The summed E-state index contributed by atoms with van der Waals surface area (Å²) in [6, 6.07) is 32.4. The SMILES string of the molecule is O=C(Nc1ccccc1C(=O)c1ccccc1)c1ccc2c(c1)N(Cc1cccc(Cl)c1)C(=O)c1ccccc1S2(=O)=O. The van der Waals surface area contributed by atoms with E-state index in [0.717, 1.165) is 0 Å². The van der Waals surface area contributed by atoms with Gasteiger partial charge in [-0.1, -0.05) is 78.3 Å². The summed E-state index contributed by atoms with van der Waals surface area (Å²) < 4.78 is 27.6. The lowest BCUT2D eigenvalue weighted by Crippen LogP contribution is -2.30. The fraction of sp³-hybridized carbons (Fsp3) is 0.0294. The number of para-hydroxylation sites is 1. The smallest absolute Gasteiger partial charge is 0.259 e. The average Bonchev–Trinajstić information content (AvgIpc) is 3.09. The number of anilines is 2. The van der Waals surface area contributed by atoms with Gasteiger partial charge < -0.3 is 10.2 Å². The Kier molecular flexibility index (Phi) is 7.39. The van der Waals surface area contributed by atoms with E-state index in [4.69, 9.17) is 11.6 Å². The van der Waals surface area contributed by atoms with Crippen molar-refractivity contribution in [2.45, 2.75) is 16.3 Å². The van der Waals surface area contributed by atoms with E-state index in [1.807, 2.05) is 6.07 Å². The van der Waals surface area contributed by atoms with E-state index in [2.05, 4.69) is 5.32 Å². The minimum atomic E-state index is -4.12. The topological polar surface area (TPSA) is 101 Å². The molecule has 7 nitrogen and oxygen atoms in total. The molecule has 2 amide bonds. The van der Waals surface area contributed by atoms with Crippen molar-refractivity contribution in [2.75, 3.05) is 10.2 Å². The molecule has 0 unspecified atom stereocenters. The highest BCUT2D eigenvalue weighted by Crippen LogP contribution is 2.38. The van der Waals surface area contributed by atoms with Crippen molar-refractivity contribution in [3.8, 4) is 0 Å². The molecule has 1 aliphatic rings. The van der Waals surface area contributed by atoms with E-state index in [0.29, 0.717) is 27.4 Å². The zero-order valence-corrected chi connectivity index (χ0v) is 24.1. The van der Waals surface area contributed by atoms with Crippen LogP contribution in [0.1, 0.15) is 42.2 Å². The molecule has 1 heterocycles. The van der Waals surface area contributed by atoms with Crippen LogP contribution in [0.4, 0.5) is 11.4 Å². The molecular formula is C34H23ClN2O5S. The number of rotatable bonds is 6.